The van der Waals surface area contributed by atoms with E-state index in [0.717, 1.165) is 10.5 Å². The Bertz CT molecular complexity index is 1800. The minimum atomic E-state index is -1.10. The number of methoxy groups -OCH3 is 2. The van der Waals surface area contributed by atoms with E-state index in [0.29, 0.717) is 38.8 Å². The molecule has 11 heteroatoms. The number of aromatic nitrogens is 1. The van der Waals surface area contributed by atoms with E-state index >= 15 is 0 Å². The molecule has 5 rings (SSSR count). The molecule has 0 fully saturated rings. The maximum absolute atomic E-state index is 13.2. The molecule has 0 saturated carbocycles. The third kappa shape index (κ3) is 6.37. The van der Waals surface area contributed by atoms with Gasteiger partial charge in [-0.1, -0.05) is 30.3 Å². The Morgan fingerprint density at radius 2 is 1.62 bits per heavy atom. The number of carbonyl (C=O) groups excluding carboxylic acids is 2. The Balaban J connectivity index is 1.22. The van der Waals surface area contributed by atoms with Gasteiger partial charge in [0, 0.05) is 32.5 Å². The normalized spacial score (nSPS) is 10.7. The number of carbonyl (C=O) groups is 3. The first-order valence-corrected chi connectivity index (χ1v) is 14.5. The van der Waals surface area contributed by atoms with Crippen molar-refractivity contribution in [2.24, 2.45) is 0 Å². The van der Waals surface area contributed by atoms with Gasteiger partial charge in [0.25, 0.3) is 5.91 Å². The monoisotopic (exact) mass is 599 g/mol. The first-order chi connectivity index (χ1) is 20.4. The van der Waals surface area contributed by atoms with Crippen molar-refractivity contribution in [3.63, 3.8) is 0 Å². The zero-order chi connectivity index (χ0) is 29.6. The summed E-state index contributed by atoms with van der Waals surface area (Å²) in [5, 5.41) is 18.7. The van der Waals surface area contributed by atoms with Crippen molar-refractivity contribution in [3.05, 3.63) is 95.4 Å². The van der Waals surface area contributed by atoms with Gasteiger partial charge in [-0.15, -0.1) is 23.1 Å². The molecule has 0 bridgehead atoms. The largest absolute Gasteiger partial charge is 0.493 e. The van der Waals surface area contributed by atoms with Crippen LogP contribution in [0.15, 0.2) is 89.1 Å². The molecule has 212 valence electrons. The van der Waals surface area contributed by atoms with Crippen LogP contribution in [0.4, 0.5) is 10.8 Å². The standard InChI is InChI=1S/C31H25N3O6S2/c1-39-25-13-12-19(14-26(25)40-2)24-16-42-31(33-24)34-27(35)17-41-21-9-5-8-20(15-21)32-29(36)22-10-3-6-18-7-4-11-23(28(18)22)30(37)38/h3-16H,17H2,1-2H3,(H,32,36)(H,37,38)(H,33,34,35). The molecular weight excluding hydrogens is 574 g/mol. The molecule has 9 nitrogen and oxygen atoms in total. The first kappa shape index (κ1) is 28.7. The predicted octanol–water partition coefficient (Wildman–Crippen LogP) is 6.66. The minimum absolute atomic E-state index is 0.0599. The van der Waals surface area contributed by atoms with E-state index in [2.05, 4.69) is 15.6 Å². The number of carboxylic acid groups (broad SMARTS) is 1. The smallest absolute Gasteiger partial charge is 0.336 e. The summed E-state index contributed by atoms with van der Waals surface area (Å²) >= 11 is 2.63. The number of aromatic carboxylic acids is 1. The van der Waals surface area contributed by atoms with E-state index in [1.807, 2.05) is 23.6 Å². The van der Waals surface area contributed by atoms with Crippen molar-refractivity contribution in [3.8, 4) is 22.8 Å². The van der Waals surface area contributed by atoms with Gasteiger partial charge in [-0.2, -0.15) is 0 Å². The Kier molecular flexibility index (Phi) is 8.70. The van der Waals surface area contributed by atoms with Gasteiger partial charge in [-0.25, -0.2) is 9.78 Å². The van der Waals surface area contributed by atoms with Crippen LogP contribution in [0.3, 0.4) is 0 Å². The molecule has 0 aliphatic heterocycles. The average molecular weight is 600 g/mol. The number of anilines is 2. The van der Waals surface area contributed by atoms with Gasteiger partial charge in [-0.3, -0.25) is 9.59 Å². The third-order valence-corrected chi connectivity index (χ3v) is 8.02. The third-order valence-electron chi connectivity index (χ3n) is 6.27. The summed E-state index contributed by atoms with van der Waals surface area (Å²) in [6.07, 6.45) is 0. The molecule has 1 aromatic heterocycles. The fourth-order valence-electron chi connectivity index (χ4n) is 4.33. The van der Waals surface area contributed by atoms with Crippen LogP contribution in [-0.2, 0) is 4.79 Å². The van der Waals surface area contributed by atoms with E-state index in [1.54, 1.807) is 68.8 Å². The summed E-state index contributed by atoms with van der Waals surface area (Å²) in [6, 6.07) is 22.6. The number of nitrogens with zero attached hydrogens (tertiary/aromatic N) is 1. The predicted molar refractivity (Wildman–Crippen MR) is 165 cm³/mol. The molecule has 0 atom stereocenters. The highest BCUT2D eigenvalue weighted by atomic mass is 32.2. The molecule has 5 aromatic rings. The lowest BCUT2D eigenvalue weighted by atomic mass is 9.98. The summed E-state index contributed by atoms with van der Waals surface area (Å²) in [5.41, 5.74) is 2.38. The number of hydrogen-bond donors (Lipinski definition) is 3. The Morgan fingerprint density at radius 3 is 2.36 bits per heavy atom. The molecule has 42 heavy (non-hydrogen) atoms. The minimum Gasteiger partial charge on any atom is -0.493 e. The van der Waals surface area contributed by atoms with Crippen molar-refractivity contribution >= 4 is 62.5 Å². The van der Waals surface area contributed by atoms with E-state index in [1.165, 1.54) is 29.2 Å². The van der Waals surface area contributed by atoms with Crippen LogP contribution in [0.2, 0.25) is 0 Å². The van der Waals surface area contributed by atoms with Crippen molar-refractivity contribution < 1.29 is 29.0 Å². The van der Waals surface area contributed by atoms with Gasteiger partial charge in [0.2, 0.25) is 5.91 Å². The molecule has 3 N–H and O–H groups in total. The maximum Gasteiger partial charge on any atom is 0.336 e. The SMILES string of the molecule is COc1ccc(-c2csc(NC(=O)CSc3cccc(NC(=O)c4cccc5cccc(C(=O)O)c45)c3)n2)cc1OC. The van der Waals surface area contributed by atoms with Gasteiger partial charge in [0.05, 0.1) is 31.2 Å². The van der Waals surface area contributed by atoms with Crippen molar-refractivity contribution in [2.75, 3.05) is 30.6 Å². The summed E-state index contributed by atoms with van der Waals surface area (Å²) in [4.78, 5) is 42.9. The van der Waals surface area contributed by atoms with E-state index in [9.17, 15) is 19.5 Å². The molecule has 0 spiro atoms. The Morgan fingerprint density at radius 1 is 0.881 bits per heavy atom. The van der Waals surface area contributed by atoms with E-state index < -0.39 is 11.9 Å². The zero-order valence-corrected chi connectivity index (χ0v) is 24.2. The number of rotatable bonds is 10. The van der Waals surface area contributed by atoms with Crippen molar-refractivity contribution in [1.82, 2.24) is 4.98 Å². The molecular formula is C31H25N3O6S2. The average Bonchev–Trinajstić information content (AvgIpc) is 3.47. The van der Waals surface area contributed by atoms with Gasteiger partial charge in [-0.05, 0) is 53.9 Å². The van der Waals surface area contributed by atoms with E-state index in [4.69, 9.17) is 9.47 Å². The number of ether oxygens (including phenoxy) is 2. The Labute approximate surface area is 249 Å². The highest BCUT2D eigenvalue weighted by molar-refractivity contribution is 8.00. The lowest BCUT2D eigenvalue weighted by molar-refractivity contribution is -0.113. The topological polar surface area (TPSA) is 127 Å². The fourth-order valence-corrected chi connectivity index (χ4v) is 5.82. The second-order valence-corrected chi connectivity index (χ2v) is 10.8. The second kappa shape index (κ2) is 12.8. The van der Waals surface area contributed by atoms with Crippen LogP contribution in [0.5, 0.6) is 11.5 Å². The molecule has 0 aliphatic rings. The number of amides is 2. The number of carboxylic acids is 1. The van der Waals surface area contributed by atoms with Gasteiger partial charge in [0.15, 0.2) is 16.6 Å². The number of fused-ring (bicyclic) bond motifs is 1. The van der Waals surface area contributed by atoms with Crippen LogP contribution in [0.25, 0.3) is 22.0 Å². The first-order valence-electron chi connectivity index (χ1n) is 12.6. The van der Waals surface area contributed by atoms with Crippen LogP contribution < -0.4 is 20.1 Å². The van der Waals surface area contributed by atoms with Gasteiger partial charge in [0.1, 0.15) is 0 Å². The van der Waals surface area contributed by atoms with Gasteiger partial charge < -0.3 is 25.2 Å². The number of benzene rings is 4. The van der Waals surface area contributed by atoms with Crippen LogP contribution in [0.1, 0.15) is 20.7 Å². The molecule has 1 heterocycles. The number of thioether (sulfide) groups is 1. The molecule has 0 radical (unpaired) electrons. The zero-order valence-electron chi connectivity index (χ0n) is 22.5. The quantitative estimate of drug-likeness (QED) is 0.152. The molecule has 4 aromatic carbocycles. The van der Waals surface area contributed by atoms with Crippen molar-refractivity contribution in [2.45, 2.75) is 4.90 Å². The highest BCUT2D eigenvalue weighted by Gasteiger charge is 2.17. The van der Waals surface area contributed by atoms with Crippen LogP contribution in [0, 0.1) is 0 Å². The molecule has 2 amide bonds. The van der Waals surface area contributed by atoms with Crippen LogP contribution >= 0.6 is 23.1 Å². The lowest BCUT2D eigenvalue weighted by Gasteiger charge is -2.11. The van der Waals surface area contributed by atoms with Crippen molar-refractivity contribution in [1.29, 1.82) is 0 Å². The van der Waals surface area contributed by atoms with Gasteiger partial charge >= 0.3 is 5.97 Å². The molecule has 0 saturated heterocycles. The number of hydrogen-bond acceptors (Lipinski definition) is 8. The summed E-state index contributed by atoms with van der Waals surface area (Å²) in [7, 11) is 3.14. The fraction of sp³-hybridized carbons (Fsp3) is 0.0968. The molecule has 0 unspecified atom stereocenters. The van der Waals surface area contributed by atoms with Crippen LogP contribution in [-0.4, -0.2) is 47.8 Å². The van der Waals surface area contributed by atoms with E-state index in [-0.39, 0.29) is 22.8 Å². The number of thiazole rings is 1. The summed E-state index contributed by atoms with van der Waals surface area (Å²) < 4.78 is 10.6. The number of nitrogens with one attached hydrogen (secondary N) is 2. The maximum atomic E-state index is 13.2. The summed E-state index contributed by atoms with van der Waals surface area (Å²) in [6.45, 7) is 0. The lowest BCUT2D eigenvalue weighted by Crippen LogP contribution is -2.14. The molecule has 0 aliphatic carbocycles. The summed E-state index contributed by atoms with van der Waals surface area (Å²) in [5.74, 6) is -0.416. The Hall–Kier alpha value is -4.87. The second-order valence-electron chi connectivity index (χ2n) is 8.94. The highest BCUT2D eigenvalue weighted by Crippen LogP contribution is 2.34.